The van der Waals surface area contributed by atoms with Gasteiger partial charge in [-0.3, -0.25) is 0 Å². The molecule has 0 nitrogen and oxygen atoms in total. The molecule has 0 saturated heterocycles. The zero-order valence-corrected chi connectivity index (χ0v) is 6.37. The second kappa shape index (κ2) is 64.8. The van der Waals surface area contributed by atoms with E-state index >= 15 is 0 Å². The Hall–Kier alpha value is 1.95. The van der Waals surface area contributed by atoms with Crippen molar-refractivity contribution in [3.05, 3.63) is 0 Å². The van der Waals surface area contributed by atoms with Crippen LogP contribution in [0.4, 0.5) is 0 Å². The molecule has 0 aliphatic carbocycles. The molecule has 0 amide bonds. The van der Waals surface area contributed by atoms with Gasteiger partial charge in [-0.05, 0) is 0 Å². The predicted octanol–water partition coefficient (Wildman–Crippen LogP) is 0.279. The summed E-state index contributed by atoms with van der Waals surface area (Å²) in [5, 5.41) is 0. The second-order valence-electron chi connectivity index (χ2n) is 0. The lowest BCUT2D eigenvalue weighted by atomic mass is 10.8. The average molecular weight is 231 g/mol. The van der Waals surface area contributed by atoms with Crippen molar-refractivity contribution in [2.24, 2.45) is 0 Å². The van der Waals surface area contributed by atoms with Crippen LogP contribution in [-0.2, 0) is 0 Å². The van der Waals surface area contributed by atoms with Crippen LogP contribution in [0, 0.1) is 0 Å². The molecule has 0 aromatic rings. The third kappa shape index (κ3) is 38.4. The number of rotatable bonds is 0. The van der Waals surface area contributed by atoms with Gasteiger partial charge in [-0.1, -0.05) is 0 Å². The zero-order valence-electron chi connectivity index (χ0n) is 2.21. The van der Waals surface area contributed by atoms with Crippen molar-refractivity contribution in [3.63, 3.8) is 0 Å². The summed E-state index contributed by atoms with van der Waals surface area (Å²) in [5.41, 5.74) is 0. The van der Waals surface area contributed by atoms with Gasteiger partial charge in [-0.15, -0.1) is 54.2 Å². The van der Waals surface area contributed by atoms with Gasteiger partial charge in [0.15, 0.2) is 17.4 Å². The topological polar surface area (TPSA) is 0 Å². The predicted molar refractivity (Wildman–Crippen MR) is 47.8 cm³/mol. The third-order valence-electron chi connectivity index (χ3n) is 0. The van der Waals surface area contributed by atoms with Crippen molar-refractivity contribution in [1.29, 1.82) is 0 Å². The molecular formula is H7AlBBrCl3. The molecule has 0 N–H and O–H groups in total. The molecule has 0 aromatic heterocycles. The van der Waals surface area contributed by atoms with Crippen molar-refractivity contribution < 1.29 is 0 Å². The van der Waals surface area contributed by atoms with Crippen molar-refractivity contribution in [2.75, 3.05) is 0 Å². The monoisotopic (exact) mass is 229 g/mol. The molecule has 0 aromatic carbocycles. The fourth-order valence-electron chi connectivity index (χ4n) is 0. The van der Waals surface area contributed by atoms with Crippen LogP contribution in [0.25, 0.3) is 0 Å². The van der Waals surface area contributed by atoms with Crippen molar-refractivity contribution in [3.8, 4) is 0 Å². The van der Waals surface area contributed by atoms with Gasteiger partial charge in [0.1, 0.15) is 0 Å². The Balaban J connectivity index is 0. The van der Waals surface area contributed by atoms with E-state index in [0.717, 1.165) is 0 Å². The Bertz CT molecular complexity index is 10.8. The maximum absolute atomic E-state index is 0. The van der Waals surface area contributed by atoms with Crippen LogP contribution in [0.3, 0.4) is 0 Å². The van der Waals surface area contributed by atoms with E-state index in [2.05, 4.69) is 0 Å². The van der Waals surface area contributed by atoms with Crippen molar-refractivity contribution in [1.82, 2.24) is 0 Å². The highest BCUT2D eigenvalue weighted by Crippen LogP contribution is 0.846. The van der Waals surface area contributed by atoms with Gasteiger partial charge in [-0.25, -0.2) is 0 Å². The molecule has 0 rings (SSSR count). The van der Waals surface area contributed by atoms with Crippen LogP contribution < -0.4 is 0 Å². The smallest absolute Gasteiger partial charge is 0.147 e. The first-order chi connectivity index (χ1) is 0. The number of hydrogen-bond acceptors (Lipinski definition) is 0. The first kappa shape index (κ1) is 101. The molecule has 0 spiro atoms. The van der Waals surface area contributed by atoms with E-state index in [1.165, 1.54) is 0 Å². The quantitative estimate of drug-likeness (QED) is 0.525. The first-order valence-electron chi connectivity index (χ1n) is 0. The van der Waals surface area contributed by atoms with E-state index in [4.69, 9.17) is 0 Å². The minimum atomic E-state index is 0. The van der Waals surface area contributed by atoms with Crippen molar-refractivity contribution in [2.45, 2.75) is 0 Å². The minimum Gasteiger partial charge on any atom is -0.147 e. The highest BCUT2D eigenvalue weighted by molar-refractivity contribution is 8.93. The van der Waals surface area contributed by atoms with E-state index in [1.807, 2.05) is 0 Å². The summed E-state index contributed by atoms with van der Waals surface area (Å²) in [5.74, 6) is 0. The largest absolute Gasteiger partial charge is 0.187 e. The normalized spacial score (nSPS) is 0. The molecule has 0 fully saturated rings. The molecule has 41 valence electrons. The molecule has 0 aliphatic rings. The number of halogens is 4. The van der Waals surface area contributed by atoms with Crippen LogP contribution in [0.5, 0.6) is 0 Å². The van der Waals surface area contributed by atoms with Gasteiger partial charge < -0.3 is 0 Å². The Kier molecular flexibility index (Phi) is 1090. The van der Waals surface area contributed by atoms with Gasteiger partial charge in [0.25, 0.3) is 0 Å². The van der Waals surface area contributed by atoms with Crippen LogP contribution in [0.1, 0.15) is 0 Å². The Morgan fingerprint density at radius 2 is 0.667 bits per heavy atom. The summed E-state index contributed by atoms with van der Waals surface area (Å²) in [6.07, 6.45) is 0. The number of hydrogen-bond donors (Lipinski definition) is 0. The SMILES string of the molecule is Br.Cl.Cl.Cl.[AlH3].[B]. The summed E-state index contributed by atoms with van der Waals surface area (Å²) in [6.45, 7) is 0. The second-order valence-corrected chi connectivity index (χ2v) is 0. The highest BCUT2D eigenvalue weighted by atomic mass is 79.9. The molecule has 6 heteroatoms. The lowest BCUT2D eigenvalue weighted by molar-refractivity contribution is 5.75. The Morgan fingerprint density at radius 3 is 0.667 bits per heavy atom. The fourth-order valence-corrected chi connectivity index (χ4v) is 0. The third-order valence-corrected chi connectivity index (χ3v) is 0. The molecule has 6 heavy (non-hydrogen) atoms. The van der Waals surface area contributed by atoms with Crippen LogP contribution in [-0.4, -0.2) is 25.8 Å². The molecule has 3 radical (unpaired) electrons. The van der Waals surface area contributed by atoms with E-state index in [0.29, 0.717) is 0 Å². The van der Waals surface area contributed by atoms with Gasteiger partial charge in [-0.2, -0.15) is 0 Å². The molecular weight excluding hydrogens is 224 g/mol. The fraction of sp³-hybridized carbons (Fsp3) is 0. The van der Waals surface area contributed by atoms with Gasteiger partial charge in [0, 0.05) is 8.41 Å². The van der Waals surface area contributed by atoms with E-state index in [1.54, 1.807) is 0 Å². The Morgan fingerprint density at radius 1 is 0.667 bits per heavy atom. The standard InChI is InChI=1S/Al.B.BrH.3ClH.3H/h;;4*1H;;;. The average Bonchev–Trinajstić information content (AvgIpc) is 0. The van der Waals surface area contributed by atoms with Crippen molar-refractivity contribution >= 4 is 80.0 Å². The Labute approximate surface area is 79.5 Å². The molecule has 0 unspecified atom stereocenters. The summed E-state index contributed by atoms with van der Waals surface area (Å²) >= 11 is 0. The van der Waals surface area contributed by atoms with Crippen LogP contribution in [0.15, 0.2) is 0 Å². The summed E-state index contributed by atoms with van der Waals surface area (Å²) in [4.78, 5) is 0. The van der Waals surface area contributed by atoms with E-state index in [-0.39, 0.29) is 80.0 Å². The molecule has 0 atom stereocenters. The van der Waals surface area contributed by atoms with Gasteiger partial charge >= 0.3 is 0 Å². The zero-order chi connectivity index (χ0) is 0. The van der Waals surface area contributed by atoms with Crippen LogP contribution in [0.2, 0.25) is 0 Å². The van der Waals surface area contributed by atoms with E-state index < -0.39 is 0 Å². The lowest BCUT2D eigenvalue weighted by Gasteiger charge is -0.148. The maximum atomic E-state index is 0. The summed E-state index contributed by atoms with van der Waals surface area (Å²) in [6, 6.07) is 0. The van der Waals surface area contributed by atoms with E-state index in [9.17, 15) is 0 Å². The molecule has 0 aliphatic heterocycles. The van der Waals surface area contributed by atoms with Gasteiger partial charge in [0.05, 0.1) is 0 Å². The van der Waals surface area contributed by atoms with Gasteiger partial charge in [0.2, 0.25) is 0 Å². The molecule has 0 heterocycles. The highest BCUT2D eigenvalue weighted by Gasteiger charge is 0.187. The maximum Gasteiger partial charge on any atom is 0.187 e. The summed E-state index contributed by atoms with van der Waals surface area (Å²) < 4.78 is 0. The lowest BCUT2D eigenvalue weighted by Crippen LogP contribution is -0.382. The molecule has 0 bridgehead atoms. The first-order valence-corrected chi connectivity index (χ1v) is 0. The minimum absolute atomic E-state index is 0. The summed E-state index contributed by atoms with van der Waals surface area (Å²) in [7, 11) is 0. The van der Waals surface area contributed by atoms with Crippen LogP contribution >= 0.6 is 54.2 Å². The molecule has 0 saturated carbocycles.